The lowest BCUT2D eigenvalue weighted by atomic mass is 10.0. The van der Waals surface area contributed by atoms with Crippen LogP contribution < -0.4 is 10.4 Å². The van der Waals surface area contributed by atoms with Crippen LogP contribution in [0.5, 0.6) is 5.75 Å². The minimum absolute atomic E-state index is 0.193. The van der Waals surface area contributed by atoms with Gasteiger partial charge in [-0.25, -0.2) is 14.3 Å². The van der Waals surface area contributed by atoms with E-state index in [-0.39, 0.29) is 5.69 Å². The van der Waals surface area contributed by atoms with E-state index in [4.69, 9.17) is 4.74 Å². The molecule has 0 saturated heterocycles. The molecule has 5 aromatic rings. The molecule has 0 N–H and O–H groups in total. The van der Waals surface area contributed by atoms with Crippen molar-refractivity contribution in [3.63, 3.8) is 0 Å². The van der Waals surface area contributed by atoms with Crippen molar-refractivity contribution in [3.05, 3.63) is 71.7 Å². The Morgan fingerprint density at radius 1 is 1.10 bits per heavy atom. The zero-order chi connectivity index (χ0) is 21.7. The fraction of sp³-hybridized carbons (Fsp3) is 0.130. The standard InChI is InChI=1S/C23H20N6O2/c1-5-14-6-7-21(25-10-14)29-22-17-8-16(15-11-26-27(2)13-15)20(31-4)9-18(17)24-12-19(22)28(3)23(29)30/h5-13H,1H2,2-4H3. The first-order chi connectivity index (χ1) is 15.0. The molecular formula is C23H20N6O2. The van der Waals surface area contributed by atoms with Gasteiger partial charge in [-0.3, -0.25) is 14.2 Å². The summed E-state index contributed by atoms with van der Waals surface area (Å²) in [5, 5.41) is 5.10. The van der Waals surface area contributed by atoms with E-state index in [1.807, 2.05) is 37.5 Å². The van der Waals surface area contributed by atoms with Gasteiger partial charge in [0.25, 0.3) is 0 Å². The molecule has 4 aromatic heterocycles. The molecule has 0 spiro atoms. The van der Waals surface area contributed by atoms with Crippen molar-refractivity contribution in [3.8, 4) is 22.7 Å². The zero-order valence-electron chi connectivity index (χ0n) is 17.4. The molecule has 1 aromatic carbocycles. The summed E-state index contributed by atoms with van der Waals surface area (Å²) in [6.45, 7) is 3.76. The maximum absolute atomic E-state index is 13.2. The van der Waals surface area contributed by atoms with E-state index in [1.54, 1.807) is 52.6 Å². The minimum atomic E-state index is -0.193. The average Bonchev–Trinajstić information content (AvgIpc) is 3.34. The minimum Gasteiger partial charge on any atom is -0.496 e. The van der Waals surface area contributed by atoms with E-state index < -0.39 is 0 Å². The molecule has 0 aliphatic carbocycles. The maximum atomic E-state index is 13.2. The largest absolute Gasteiger partial charge is 0.496 e. The van der Waals surface area contributed by atoms with Crippen LogP contribution in [0.15, 0.2) is 60.4 Å². The molecule has 0 aliphatic heterocycles. The van der Waals surface area contributed by atoms with Crippen molar-refractivity contribution < 1.29 is 4.74 Å². The Kier molecular flexibility index (Phi) is 4.21. The maximum Gasteiger partial charge on any atom is 0.334 e. The van der Waals surface area contributed by atoms with Crippen LogP contribution in [0.4, 0.5) is 0 Å². The molecule has 8 nitrogen and oxygen atoms in total. The van der Waals surface area contributed by atoms with Crippen LogP contribution in [0, 0.1) is 0 Å². The van der Waals surface area contributed by atoms with Crippen LogP contribution in [0.3, 0.4) is 0 Å². The van der Waals surface area contributed by atoms with Gasteiger partial charge in [0.2, 0.25) is 0 Å². The second-order valence-electron chi connectivity index (χ2n) is 7.30. The highest BCUT2D eigenvalue weighted by atomic mass is 16.5. The molecule has 0 amide bonds. The van der Waals surface area contributed by atoms with Gasteiger partial charge in [-0.15, -0.1) is 0 Å². The number of aromatic nitrogens is 6. The molecular weight excluding hydrogens is 392 g/mol. The molecule has 0 bridgehead atoms. The van der Waals surface area contributed by atoms with Crippen LogP contribution in [0.1, 0.15) is 5.56 Å². The molecule has 4 heterocycles. The van der Waals surface area contributed by atoms with Gasteiger partial charge in [-0.05, 0) is 23.8 Å². The summed E-state index contributed by atoms with van der Waals surface area (Å²) >= 11 is 0. The third kappa shape index (κ3) is 2.83. The number of hydrogen-bond donors (Lipinski definition) is 0. The Hall–Kier alpha value is -4.20. The third-order valence-corrected chi connectivity index (χ3v) is 5.46. The molecule has 0 atom stereocenters. The number of imidazole rings is 1. The van der Waals surface area contributed by atoms with E-state index in [2.05, 4.69) is 21.6 Å². The first-order valence-corrected chi connectivity index (χ1v) is 9.68. The van der Waals surface area contributed by atoms with Gasteiger partial charge in [0.15, 0.2) is 0 Å². The fourth-order valence-corrected chi connectivity index (χ4v) is 3.84. The SMILES string of the molecule is C=Cc1ccc(-n2c(=O)n(C)c3cnc4cc(OC)c(-c5cnn(C)c5)cc4c32)nc1. The van der Waals surface area contributed by atoms with E-state index in [9.17, 15) is 4.79 Å². The summed E-state index contributed by atoms with van der Waals surface area (Å²) in [6, 6.07) is 7.57. The number of pyridine rings is 2. The lowest BCUT2D eigenvalue weighted by molar-refractivity contribution is 0.417. The zero-order valence-corrected chi connectivity index (χ0v) is 17.4. The first kappa shape index (κ1) is 18.8. The number of benzene rings is 1. The van der Waals surface area contributed by atoms with E-state index in [0.29, 0.717) is 11.6 Å². The van der Waals surface area contributed by atoms with E-state index in [0.717, 1.165) is 38.6 Å². The Labute approximate surface area is 177 Å². The Morgan fingerprint density at radius 2 is 1.94 bits per heavy atom. The third-order valence-electron chi connectivity index (χ3n) is 5.46. The second kappa shape index (κ2) is 6.94. The average molecular weight is 412 g/mol. The smallest absolute Gasteiger partial charge is 0.334 e. The fourth-order valence-electron chi connectivity index (χ4n) is 3.84. The lowest BCUT2D eigenvalue weighted by Crippen LogP contribution is -2.21. The normalized spacial score (nSPS) is 11.3. The number of aryl methyl sites for hydroxylation is 2. The summed E-state index contributed by atoms with van der Waals surface area (Å²) in [4.78, 5) is 22.2. The van der Waals surface area contributed by atoms with Crippen LogP contribution in [-0.4, -0.2) is 36.0 Å². The van der Waals surface area contributed by atoms with Crippen LogP contribution in [0.2, 0.25) is 0 Å². The highest BCUT2D eigenvalue weighted by Gasteiger charge is 2.19. The molecule has 0 aliphatic rings. The molecule has 0 fully saturated rings. The Balaban J connectivity index is 1.89. The van der Waals surface area contributed by atoms with Gasteiger partial charge in [0, 0.05) is 49.1 Å². The Bertz CT molecular complexity index is 1520. The molecule has 31 heavy (non-hydrogen) atoms. The summed E-state index contributed by atoms with van der Waals surface area (Å²) in [5.74, 6) is 1.22. The molecule has 0 unspecified atom stereocenters. The highest BCUT2D eigenvalue weighted by Crippen LogP contribution is 2.36. The summed E-state index contributed by atoms with van der Waals surface area (Å²) in [5.41, 5.74) is 4.65. The molecule has 5 rings (SSSR count). The summed E-state index contributed by atoms with van der Waals surface area (Å²) < 4.78 is 10.6. The molecule has 154 valence electrons. The first-order valence-electron chi connectivity index (χ1n) is 9.68. The van der Waals surface area contributed by atoms with Gasteiger partial charge in [-0.2, -0.15) is 5.10 Å². The number of methoxy groups -OCH3 is 1. The number of hydrogen-bond acceptors (Lipinski definition) is 5. The Morgan fingerprint density at radius 3 is 2.58 bits per heavy atom. The number of ether oxygens (including phenoxy) is 1. The monoisotopic (exact) mass is 412 g/mol. The predicted octanol–water partition coefficient (Wildman–Crippen LogP) is 3.32. The van der Waals surface area contributed by atoms with Gasteiger partial charge in [0.1, 0.15) is 11.6 Å². The van der Waals surface area contributed by atoms with Crippen molar-refractivity contribution in [2.75, 3.05) is 7.11 Å². The summed E-state index contributed by atoms with van der Waals surface area (Å²) in [6.07, 6.45) is 8.82. The van der Waals surface area contributed by atoms with E-state index in [1.165, 1.54) is 0 Å². The van der Waals surface area contributed by atoms with Crippen molar-refractivity contribution in [1.82, 2.24) is 28.9 Å². The van der Waals surface area contributed by atoms with Crippen molar-refractivity contribution in [2.24, 2.45) is 14.1 Å². The number of rotatable bonds is 4. The van der Waals surface area contributed by atoms with Gasteiger partial charge in [-0.1, -0.05) is 12.7 Å². The molecule has 0 radical (unpaired) electrons. The highest BCUT2D eigenvalue weighted by molar-refractivity contribution is 6.05. The quantitative estimate of drug-likeness (QED) is 0.452. The van der Waals surface area contributed by atoms with E-state index >= 15 is 0 Å². The predicted molar refractivity (Wildman–Crippen MR) is 120 cm³/mol. The van der Waals surface area contributed by atoms with Crippen molar-refractivity contribution >= 4 is 28.0 Å². The number of fused-ring (bicyclic) bond motifs is 3. The van der Waals surface area contributed by atoms with Crippen LogP contribution >= 0.6 is 0 Å². The lowest BCUT2D eigenvalue weighted by Gasteiger charge is -2.11. The van der Waals surface area contributed by atoms with Gasteiger partial charge in [0.05, 0.1) is 36.1 Å². The van der Waals surface area contributed by atoms with Gasteiger partial charge >= 0.3 is 5.69 Å². The topological polar surface area (TPSA) is 79.8 Å². The molecule has 8 heteroatoms. The van der Waals surface area contributed by atoms with Gasteiger partial charge < -0.3 is 4.74 Å². The molecule has 0 saturated carbocycles. The van der Waals surface area contributed by atoms with Crippen molar-refractivity contribution in [1.29, 1.82) is 0 Å². The van der Waals surface area contributed by atoms with Crippen molar-refractivity contribution in [2.45, 2.75) is 0 Å². The summed E-state index contributed by atoms with van der Waals surface area (Å²) in [7, 11) is 5.23. The van der Waals surface area contributed by atoms with Crippen LogP contribution in [-0.2, 0) is 14.1 Å². The number of nitrogens with zero attached hydrogens (tertiary/aromatic N) is 6. The van der Waals surface area contributed by atoms with Crippen LogP contribution in [0.25, 0.3) is 45.0 Å². The second-order valence-corrected chi connectivity index (χ2v) is 7.30.